The third-order valence-electron chi connectivity index (χ3n) is 2.75. The lowest BCUT2D eigenvalue weighted by molar-refractivity contribution is -0.384. The van der Waals surface area contributed by atoms with Gasteiger partial charge in [-0.3, -0.25) is 14.9 Å². The molecule has 5 nitrogen and oxygen atoms in total. The Kier molecular flexibility index (Phi) is 4.35. The van der Waals surface area contributed by atoms with Crippen LogP contribution in [0.1, 0.15) is 15.9 Å². The Morgan fingerprint density at radius 1 is 1.19 bits per heavy atom. The lowest BCUT2D eigenvalue weighted by Gasteiger charge is -1.98. The van der Waals surface area contributed by atoms with E-state index in [0.29, 0.717) is 11.1 Å². The van der Waals surface area contributed by atoms with Gasteiger partial charge in [-0.1, -0.05) is 17.7 Å². The van der Waals surface area contributed by atoms with E-state index in [1.807, 2.05) is 0 Å². The third-order valence-corrected chi connectivity index (χ3v) is 3.05. The van der Waals surface area contributed by atoms with Crippen LogP contribution < -0.4 is 0 Å². The molecule has 0 fully saturated rings. The Balaban J connectivity index is 2.17. The van der Waals surface area contributed by atoms with Crippen LogP contribution in [0.5, 0.6) is 5.75 Å². The summed E-state index contributed by atoms with van der Waals surface area (Å²) in [4.78, 5) is 21.9. The maximum atomic E-state index is 11.9. The number of carbonyl (C=O) groups excluding carboxylic acids is 1. The fraction of sp³-hybridized carbons (Fsp3) is 0. The molecule has 0 atom stereocenters. The first kappa shape index (κ1) is 14.7. The number of phenols is 1. The number of aromatic hydroxyl groups is 1. The van der Waals surface area contributed by atoms with Gasteiger partial charge in [0.05, 0.1) is 4.92 Å². The van der Waals surface area contributed by atoms with Crippen molar-refractivity contribution < 1.29 is 14.8 Å². The van der Waals surface area contributed by atoms with Gasteiger partial charge in [0.1, 0.15) is 10.8 Å². The molecule has 0 aliphatic heterocycles. The summed E-state index contributed by atoms with van der Waals surface area (Å²) in [6.45, 7) is 0. The molecule has 0 bridgehead atoms. The van der Waals surface area contributed by atoms with Crippen molar-refractivity contribution in [2.24, 2.45) is 0 Å². The molecule has 0 unspecified atom stereocenters. The summed E-state index contributed by atoms with van der Waals surface area (Å²) in [6, 6.07) is 10.1. The Hall–Kier alpha value is -2.66. The van der Waals surface area contributed by atoms with Crippen molar-refractivity contribution in [2.75, 3.05) is 0 Å². The molecular formula is C15H10ClNO4. The summed E-state index contributed by atoms with van der Waals surface area (Å²) >= 11 is 5.79. The number of nitro groups is 1. The average Bonchev–Trinajstić information content (AvgIpc) is 2.45. The van der Waals surface area contributed by atoms with E-state index in [2.05, 4.69) is 0 Å². The summed E-state index contributed by atoms with van der Waals surface area (Å²) in [7, 11) is 0. The summed E-state index contributed by atoms with van der Waals surface area (Å²) in [5.41, 5.74) is 0.827. The predicted octanol–water partition coefficient (Wildman–Crippen LogP) is 3.85. The van der Waals surface area contributed by atoms with Gasteiger partial charge in [0.15, 0.2) is 5.78 Å². The van der Waals surface area contributed by atoms with Gasteiger partial charge in [-0.25, -0.2) is 0 Å². The number of benzene rings is 2. The van der Waals surface area contributed by atoms with Crippen LogP contribution >= 0.6 is 11.6 Å². The molecule has 1 N–H and O–H groups in total. The predicted molar refractivity (Wildman–Crippen MR) is 79.6 cm³/mol. The Morgan fingerprint density at radius 3 is 2.43 bits per heavy atom. The molecule has 0 saturated carbocycles. The fourth-order valence-corrected chi connectivity index (χ4v) is 1.93. The highest BCUT2D eigenvalue weighted by Gasteiger charge is 2.11. The number of hydrogen-bond acceptors (Lipinski definition) is 4. The molecule has 106 valence electrons. The van der Waals surface area contributed by atoms with Crippen molar-refractivity contribution >= 4 is 29.1 Å². The highest BCUT2D eigenvalue weighted by molar-refractivity contribution is 6.32. The standard InChI is InChI=1S/C15H10ClNO4/c16-13-9-10(1-7-14(13)17(20)21)2-8-15(19)11-3-5-12(18)6-4-11/h1-9,18H. The van der Waals surface area contributed by atoms with Gasteiger partial charge in [-0.2, -0.15) is 0 Å². The smallest absolute Gasteiger partial charge is 0.287 e. The van der Waals surface area contributed by atoms with E-state index in [-0.39, 0.29) is 22.2 Å². The number of ketones is 1. The van der Waals surface area contributed by atoms with Crippen molar-refractivity contribution in [2.45, 2.75) is 0 Å². The summed E-state index contributed by atoms with van der Waals surface area (Å²) in [5.74, 6) is -0.165. The van der Waals surface area contributed by atoms with E-state index in [4.69, 9.17) is 16.7 Å². The molecule has 2 aromatic rings. The van der Waals surface area contributed by atoms with Gasteiger partial charge in [0.2, 0.25) is 0 Å². The molecule has 2 rings (SSSR count). The molecule has 0 spiro atoms. The SMILES string of the molecule is O=C(C=Cc1ccc([N+](=O)[O-])c(Cl)c1)c1ccc(O)cc1. The van der Waals surface area contributed by atoms with Gasteiger partial charge in [0.25, 0.3) is 5.69 Å². The normalized spacial score (nSPS) is 10.7. The lowest BCUT2D eigenvalue weighted by Crippen LogP contribution is -1.93. The Morgan fingerprint density at radius 2 is 1.86 bits per heavy atom. The average molecular weight is 304 g/mol. The molecular weight excluding hydrogens is 294 g/mol. The van der Waals surface area contributed by atoms with Crippen molar-refractivity contribution in [3.63, 3.8) is 0 Å². The fourth-order valence-electron chi connectivity index (χ4n) is 1.67. The second-order valence-corrected chi connectivity index (χ2v) is 4.62. The van der Waals surface area contributed by atoms with Crippen LogP contribution in [0.15, 0.2) is 48.5 Å². The van der Waals surface area contributed by atoms with Gasteiger partial charge in [-0.15, -0.1) is 0 Å². The number of nitro benzene ring substituents is 1. The van der Waals surface area contributed by atoms with Crippen LogP contribution in [-0.2, 0) is 0 Å². The van der Waals surface area contributed by atoms with Gasteiger partial charge in [0, 0.05) is 11.6 Å². The van der Waals surface area contributed by atoms with Crippen molar-refractivity contribution in [3.05, 3.63) is 74.8 Å². The number of phenolic OH excluding ortho intramolecular Hbond substituents is 1. The van der Waals surface area contributed by atoms with E-state index in [9.17, 15) is 14.9 Å². The molecule has 0 aromatic heterocycles. The Labute approximate surface area is 125 Å². The van der Waals surface area contributed by atoms with Crippen LogP contribution in [0, 0.1) is 10.1 Å². The molecule has 6 heteroatoms. The van der Waals surface area contributed by atoms with Crippen molar-refractivity contribution in [3.8, 4) is 5.75 Å². The van der Waals surface area contributed by atoms with E-state index in [1.54, 1.807) is 0 Å². The topological polar surface area (TPSA) is 80.4 Å². The van der Waals surface area contributed by atoms with Gasteiger partial charge in [-0.05, 0) is 48.0 Å². The summed E-state index contributed by atoms with van der Waals surface area (Å²) in [5, 5.41) is 19.8. The second kappa shape index (κ2) is 6.19. The first-order chi connectivity index (χ1) is 9.97. The molecule has 0 radical (unpaired) electrons. The van der Waals surface area contributed by atoms with Crippen LogP contribution in [0.25, 0.3) is 6.08 Å². The molecule has 0 aliphatic rings. The number of allylic oxidation sites excluding steroid dienone is 1. The zero-order valence-corrected chi connectivity index (χ0v) is 11.4. The first-order valence-electron chi connectivity index (χ1n) is 5.93. The molecule has 21 heavy (non-hydrogen) atoms. The summed E-state index contributed by atoms with van der Waals surface area (Å²) < 4.78 is 0. The number of halogens is 1. The molecule has 2 aromatic carbocycles. The quantitative estimate of drug-likeness (QED) is 0.402. The van der Waals surface area contributed by atoms with E-state index in [1.165, 1.54) is 54.6 Å². The van der Waals surface area contributed by atoms with Crippen LogP contribution in [0.4, 0.5) is 5.69 Å². The highest BCUT2D eigenvalue weighted by Crippen LogP contribution is 2.25. The zero-order valence-electron chi connectivity index (χ0n) is 10.7. The van der Waals surface area contributed by atoms with Gasteiger partial charge >= 0.3 is 0 Å². The second-order valence-electron chi connectivity index (χ2n) is 4.21. The molecule has 0 saturated heterocycles. The van der Waals surface area contributed by atoms with Crippen LogP contribution in [-0.4, -0.2) is 15.8 Å². The van der Waals surface area contributed by atoms with Gasteiger partial charge < -0.3 is 5.11 Å². The maximum Gasteiger partial charge on any atom is 0.287 e. The van der Waals surface area contributed by atoms with E-state index >= 15 is 0 Å². The summed E-state index contributed by atoms with van der Waals surface area (Å²) in [6.07, 6.45) is 2.86. The van der Waals surface area contributed by atoms with Crippen LogP contribution in [0.3, 0.4) is 0 Å². The monoisotopic (exact) mass is 303 g/mol. The highest BCUT2D eigenvalue weighted by atomic mass is 35.5. The minimum absolute atomic E-state index is 0.0132. The largest absolute Gasteiger partial charge is 0.508 e. The van der Waals surface area contributed by atoms with E-state index < -0.39 is 4.92 Å². The third kappa shape index (κ3) is 3.67. The maximum absolute atomic E-state index is 11.9. The number of nitrogens with zero attached hydrogens (tertiary/aromatic N) is 1. The molecule has 0 aliphatic carbocycles. The number of hydrogen-bond donors (Lipinski definition) is 1. The molecule has 0 heterocycles. The zero-order chi connectivity index (χ0) is 15.4. The number of carbonyl (C=O) groups is 1. The van der Waals surface area contributed by atoms with E-state index in [0.717, 1.165) is 0 Å². The lowest BCUT2D eigenvalue weighted by atomic mass is 10.1. The minimum Gasteiger partial charge on any atom is -0.508 e. The number of rotatable bonds is 4. The first-order valence-corrected chi connectivity index (χ1v) is 6.30. The molecule has 0 amide bonds. The Bertz CT molecular complexity index is 723. The minimum atomic E-state index is -0.572. The van der Waals surface area contributed by atoms with Crippen LogP contribution in [0.2, 0.25) is 5.02 Å². The van der Waals surface area contributed by atoms with Crippen molar-refractivity contribution in [1.82, 2.24) is 0 Å². The van der Waals surface area contributed by atoms with Crippen molar-refractivity contribution in [1.29, 1.82) is 0 Å².